The van der Waals surface area contributed by atoms with Gasteiger partial charge in [-0.2, -0.15) is 0 Å². The average Bonchev–Trinajstić information content (AvgIpc) is 3.37. The number of carbonyl (C=O) groups excluding carboxylic acids is 2. The highest BCUT2D eigenvalue weighted by atomic mass is 16.5. The van der Waals surface area contributed by atoms with Gasteiger partial charge < -0.3 is 19.2 Å². The molecule has 7 nitrogen and oxygen atoms in total. The maximum absolute atomic E-state index is 13.0. The summed E-state index contributed by atoms with van der Waals surface area (Å²) in [5, 5.41) is 11.1. The first-order valence-corrected chi connectivity index (χ1v) is 9.38. The predicted molar refractivity (Wildman–Crippen MR) is 109 cm³/mol. The van der Waals surface area contributed by atoms with Gasteiger partial charge in [-0.25, -0.2) is 0 Å². The number of aliphatic hydroxyl groups excluding tert-OH is 1. The van der Waals surface area contributed by atoms with Crippen LogP contribution in [0.4, 0.5) is 0 Å². The number of aryl methyl sites for hydroxylation is 1. The van der Waals surface area contributed by atoms with Gasteiger partial charge in [-0.05, 0) is 43.3 Å². The normalized spacial score (nSPS) is 18.1. The fourth-order valence-corrected chi connectivity index (χ4v) is 3.60. The molecule has 1 N–H and O–H groups in total. The Labute approximate surface area is 173 Å². The van der Waals surface area contributed by atoms with Crippen molar-refractivity contribution in [3.05, 3.63) is 89.1 Å². The van der Waals surface area contributed by atoms with Gasteiger partial charge in [-0.15, -0.1) is 0 Å². The van der Waals surface area contributed by atoms with Crippen LogP contribution >= 0.6 is 0 Å². The van der Waals surface area contributed by atoms with Crippen molar-refractivity contribution in [3.8, 4) is 5.75 Å². The van der Waals surface area contributed by atoms with Crippen LogP contribution in [0.5, 0.6) is 5.75 Å². The number of hydrogen-bond acceptors (Lipinski definition) is 6. The van der Waals surface area contributed by atoms with Crippen molar-refractivity contribution in [2.45, 2.75) is 19.5 Å². The molecule has 7 heteroatoms. The number of nitrogens with zero attached hydrogens (tertiary/aromatic N) is 2. The van der Waals surface area contributed by atoms with E-state index in [0.717, 1.165) is 5.56 Å². The van der Waals surface area contributed by atoms with E-state index in [1.807, 2.05) is 13.0 Å². The van der Waals surface area contributed by atoms with Gasteiger partial charge in [0.15, 0.2) is 0 Å². The molecule has 0 spiro atoms. The number of aliphatic hydroxyl groups is 1. The SMILES string of the molecule is COc1ccc(C)cc1/C(O)=C1/C(=O)C(=O)N(Cc2ccccn2)C1c1ccco1. The largest absolute Gasteiger partial charge is 0.507 e. The molecule has 1 aliphatic heterocycles. The third-order valence-electron chi connectivity index (χ3n) is 5.02. The molecule has 0 bridgehead atoms. The fraction of sp³-hybridized carbons (Fsp3) is 0.174. The molecule has 4 rings (SSSR count). The second-order valence-electron chi connectivity index (χ2n) is 6.97. The third kappa shape index (κ3) is 3.34. The molecule has 1 aliphatic rings. The first-order chi connectivity index (χ1) is 14.5. The maximum Gasteiger partial charge on any atom is 0.296 e. The number of Topliss-reactive ketones (excluding diaryl/α,β-unsaturated/α-hetero) is 1. The molecule has 1 fully saturated rings. The molecule has 3 heterocycles. The fourth-order valence-electron chi connectivity index (χ4n) is 3.60. The molecule has 3 aromatic rings. The summed E-state index contributed by atoms with van der Waals surface area (Å²) >= 11 is 0. The number of ether oxygens (including phenoxy) is 1. The van der Waals surface area contributed by atoms with Gasteiger partial charge >= 0.3 is 0 Å². The topological polar surface area (TPSA) is 92.9 Å². The van der Waals surface area contributed by atoms with Gasteiger partial charge in [0, 0.05) is 6.20 Å². The highest BCUT2D eigenvalue weighted by Crippen LogP contribution is 2.41. The number of aromatic nitrogens is 1. The van der Waals surface area contributed by atoms with E-state index < -0.39 is 17.7 Å². The highest BCUT2D eigenvalue weighted by molar-refractivity contribution is 6.46. The minimum Gasteiger partial charge on any atom is -0.507 e. The number of methoxy groups -OCH3 is 1. The minimum atomic E-state index is -0.882. The first kappa shape index (κ1) is 19.4. The van der Waals surface area contributed by atoms with Crippen LogP contribution in [0.1, 0.15) is 28.6 Å². The number of pyridine rings is 1. The van der Waals surface area contributed by atoms with Crippen molar-refractivity contribution in [3.63, 3.8) is 0 Å². The van der Waals surface area contributed by atoms with Crippen LogP contribution in [-0.2, 0) is 16.1 Å². The summed E-state index contributed by atoms with van der Waals surface area (Å²) < 4.78 is 10.9. The Bertz CT molecular complexity index is 1120. The molecule has 0 radical (unpaired) electrons. The van der Waals surface area contributed by atoms with Gasteiger partial charge in [0.1, 0.15) is 23.3 Å². The number of likely N-dealkylation sites (tertiary alicyclic amines) is 1. The average molecular weight is 404 g/mol. The predicted octanol–water partition coefficient (Wildman–Crippen LogP) is 3.61. The molecular formula is C23H20N2O5. The molecule has 152 valence electrons. The summed E-state index contributed by atoms with van der Waals surface area (Å²) in [5.41, 5.74) is 1.78. The summed E-state index contributed by atoms with van der Waals surface area (Å²) in [5.74, 6) is -1.05. The molecule has 1 saturated heterocycles. The first-order valence-electron chi connectivity index (χ1n) is 9.38. The zero-order chi connectivity index (χ0) is 21.3. The van der Waals surface area contributed by atoms with Gasteiger partial charge in [-0.3, -0.25) is 14.6 Å². The Morgan fingerprint density at radius 3 is 2.70 bits per heavy atom. The molecule has 30 heavy (non-hydrogen) atoms. The van der Waals surface area contributed by atoms with Gasteiger partial charge in [0.2, 0.25) is 0 Å². The second-order valence-corrected chi connectivity index (χ2v) is 6.97. The van der Waals surface area contributed by atoms with Crippen LogP contribution in [0, 0.1) is 6.92 Å². The Kier molecular flexibility index (Phi) is 5.10. The molecule has 1 amide bonds. The van der Waals surface area contributed by atoms with Crippen molar-refractivity contribution >= 4 is 17.4 Å². The van der Waals surface area contributed by atoms with Gasteiger partial charge in [0.25, 0.3) is 11.7 Å². The van der Waals surface area contributed by atoms with E-state index in [-0.39, 0.29) is 17.9 Å². The van der Waals surface area contributed by atoms with E-state index in [1.165, 1.54) is 18.3 Å². The summed E-state index contributed by atoms with van der Waals surface area (Å²) in [7, 11) is 1.48. The van der Waals surface area contributed by atoms with Crippen LogP contribution in [0.2, 0.25) is 0 Å². The number of rotatable bonds is 5. The minimum absolute atomic E-state index is 0.0465. The zero-order valence-electron chi connectivity index (χ0n) is 16.5. The number of hydrogen-bond donors (Lipinski definition) is 1. The number of furan rings is 1. The number of carbonyl (C=O) groups is 2. The lowest BCUT2D eigenvalue weighted by Crippen LogP contribution is -2.29. The van der Waals surface area contributed by atoms with E-state index in [0.29, 0.717) is 22.8 Å². The molecule has 1 atom stereocenters. The van der Waals surface area contributed by atoms with E-state index in [4.69, 9.17) is 9.15 Å². The molecule has 2 aromatic heterocycles. The van der Waals surface area contributed by atoms with E-state index in [1.54, 1.807) is 48.7 Å². The van der Waals surface area contributed by atoms with E-state index >= 15 is 0 Å². The van der Waals surface area contributed by atoms with Crippen LogP contribution < -0.4 is 4.74 Å². The lowest BCUT2D eigenvalue weighted by atomic mass is 9.98. The summed E-state index contributed by atoms with van der Waals surface area (Å²) in [4.78, 5) is 31.5. The standard InChI is InChI=1S/C23H20N2O5/c1-14-8-9-17(29-2)16(12-14)21(26)19-20(18-7-5-11-30-18)25(23(28)22(19)27)13-15-6-3-4-10-24-15/h3-12,20,26H,13H2,1-2H3/b21-19-. The van der Waals surface area contributed by atoms with Crippen LogP contribution in [0.3, 0.4) is 0 Å². The third-order valence-corrected chi connectivity index (χ3v) is 5.02. The maximum atomic E-state index is 13.0. The van der Waals surface area contributed by atoms with Crippen LogP contribution in [-0.4, -0.2) is 33.8 Å². The van der Waals surface area contributed by atoms with Crippen molar-refractivity contribution in [2.24, 2.45) is 0 Å². The number of benzene rings is 1. The van der Waals surface area contributed by atoms with Crippen LogP contribution in [0.25, 0.3) is 5.76 Å². The van der Waals surface area contributed by atoms with Crippen molar-refractivity contribution in [1.29, 1.82) is 0 Å². The Morgan fingerprint density at radius 1 is 1.20 bits per heavy atom. The van der Waals surface area contributed by atoms with Crippen molar-refractivity contribution < 1.29 is 23.8 Å². The van der Waals surface area contributed by atoms with E-state index in [9.17, 15) is 14.7 Å². The summed E-state index contributed by atoms with van der Waals surface area (Å²) in [6.07, 6.45) is 3.08. The summed E-state index contributed by atoms with van der Waals surface area (Å²) in [6, 6.07) is 13.0. The lowest BCUT2D eigenvalue weighted by molar-refractivity contribution is -0.140. The molecule has 1 aromatic carbocycles. The zero-order valence-corrected chi connectivity index (χ0v) is 16.5. The Hall–Kier alpha value is -3.87. The lowest BCUT2D eigenvalue weighted by Gasteiger charge is -2.23. The summed E-state index contributed by atoms with van der Waals surface area (Å²) in [6.45, 7) is 1.96. The second kappa shape index (κ2) is 7.87. The Balaban J connectivity index is 1.88. The number of amides is 1. The molecule has 0 saturated carbocycles. The molecular weight excluding hydrogens is 384 g/mol. The van der Waals surface area contributed by atoms with Crippen molar-refractivity contribution in [1.82, 2.24) is 9.88 Å². The molecule has 1 unspecified atom stereocenters. The number of ketones is 1. The Morgan fingerprint density at radius 2 is 2.03 bits per heavy atom. The quantitative estimate of drug-likeness (QED) is 0.397. The highest BCUT2D eigenvalue weighted by Gasteiger charge is 2.47. The monoisotopic (exact) mass is 404 g/mol. The van der Waals surface area contributed by atoms with Crippen LogP contribution in [0.15, 0.2) is 71.0 Å². The van der Waals surface area contributed by atoms with Gasteiger partial charge in [0.05, 0.1) is 36.7 Å². The molecule has 0 aliphatic carbocycles. The van der Waals surface area contributed by atoms with E-state index in [2.05, 4.69) is 4.98 Å². The van der Waals surface area contributed by atoms with Gasteiger partial charge in [-0.1, -0.05) is 17.7 Å². The van der Waals surface area contributed by atoms with Crippen molar-refractivity contribution in [2.75, 3.05) is 7.11 Å². The smallest absolute Gasteiger partial charge is 0.296 e.